The van der Waals surface area contributed by atoms with Gasteiger partial charge in [0, 0.05) is 23.7 Å². The topological polar surface area (TPSA) is 58.3 Å². The third-order valence-electron chi connectivity index (χ3n) is 2.07. The van der Waals surface area contributed by atoms with Crippen LogP contribution in [0.15, 0.2) is 11.4 Å². The van der Waals surface area contributed by atoms with Crippen molar-refractivity contribution >= 4 is 17.0 Å². The number of nitrogen functional groups attached to an aromatic ring is 1. The Morgan fingerprint density at radius 1 is 1.64 bits per heavy atom. The molecule has 4 N–H and O–H groups in total. The van der Waals surface area contributed by atoms with Crippen molar-refractivity contribution in [3.8, 4) is 0 Å². The van der Waals surface area contributed by atoms with Crippen molar-refractivity contribution < 1.29 is 5.11 Å². The van der Waals surface area contributed by atoms with Gasteiger partial charge in [-0.15, -0.1) is 11.3 Å². The van der Waals surface area contributed by atoms with E-state index >= 15 is 0 Å². The lowest BCUT2D eigenvalue weighted by atomic mass is 10.2. The van der Waals surface area contributed by atoms with E-state index < -0.39 is 0 Å². The van der Waals surface area contributed by atoms with E-state index in [0.717, 1.165) is 30.0 Å². The zero-order chi connectivity index (χ0) is 10.4. The molecule has 3 nitrogen and oxygen atoms in total. The maximum Gasteiger partial charge on any atom is 0.0664 e. The van der Waals surface area contributed by atoms with Crippen LogP contribution in [0.3, 0.4) is 0 Å². The van der Waals surface area contributed by atoms with Gasteiger partial charge in [-0.2, -0.15) is 0 Å². The Morgan fingerprint density at radius 2 is 2.43 bits per heavy atom. The van der Waals surface area contributed by atoms with Gasteiger partial charge in [-0.05, 0) is 17.9 Å². The monoisotopic (exact) mass is 214 g/mol. The second-order valence-electron chi connectivity index (χ2n) is 3.37. The van der Waals surface area contributed by atoms with Crippen molar-refractivity contribution in [2.75, 3.05) is 12.3 Å². The van der Waals surface area contributed by atoms with Crippen LogP contribution in [0.2, 0.25) is 0 Å². The Balaban J connectivity index is 2.19. The summed E-state index contributed by atoms with van der Waals surface area (Å²) in [7, 11) is 0. The maximum absolute atomic E-state index is 9.46. The Labute approximate surface area is 88.9 Å². The number of aliphatic hydroxyl groups excluding tert-OH is 1. The minimum atomic E-state index is -0.235. The van der Waals surface area contributed by atoms with Crippen molar-refractivity contribution in [3.63, 3.8) is 0 Å². The molecule has 1 heterocycles. The second kappa shape index (κ2) is 6.01. The first-order valence-electron chi connectivity index (χ1n) is 4.94. The number of hydrogen-bond donors (Lipinski definition) is 3. The first-order valence-corrected chi connectivity index (χ1v) is 5.82. The first-order chi connectivity index (χ1) is 6.74. The van der Waals surface area contributed by atoms with Gasteiger partial charge < -0.3 is 16.2 Å². The molecule has 0 radical (unpaired) electrons. The third kappa shape index (κ3) is 3.65. The van der Waals surface area contributed by atoms with E-state index in [-0.39, 0.29) is 6.10 Å². The number of thiophene rings is 1. The molecular weight excluding hydrogens is 196 g/mol. The van der Waals surface area contributed by atoms with Crippen molar-refractivity contribution in [2.45, 2.75) is 32.4 Å². The maximum atomic E-state index is 9.46. The zero-order valence-corrected chi connectivity index (χ0v) is 9.31. The van der Waals surface area contributed by atoms with Crippen molar-refractivity contribution in [1.82, 2.24) is 5.32 Å². The summed E-state index contributed by atoms with van der Waals surface area (Å²) >= 11 is 1.65. The molecule has 0 spiro atoms. The van der Waals surface area contributed by atoms with Crippen molar-refractivity contribution in [3.05, 3.63) is 16.3 Å². The minimum Gasteiger partial charge on any atom is -0.398 e. The fraction of sp³-hybridized carbons (Fsp3) is 0.600. The van der Waals surface area contributed by atoms with Crippen LogP contribution in [0, 0.1) is 0 Å². The van der Waals surface area contributed by atoms with Crippen LogP contribution in [0.25, 0.3) is 0 Å². The third-order valence-corrected chi connectivity index (χ3v) is 3.00. The van der Waals surface area contributed by atoms with E-state index in [9.17, 15) is 5.11 Å². The van der Waals surface area contributed by atoms with Crippen LogP contribution in [0.5, 0.6) is 0 Å². The molecule has 0 aromatic carbocycles. The van der Waals surface area contributed by atoms with Gasteiger partial charge in [0.15, 0.2) is 0 Å². The number of nitrogens with two attached hydrogens (primary N) is 1. The first kappa shape index (κ1) is 11.5. The molecule has 1 atom stereocenters. The van der Waals surface area contributed by atoms with Crippen molar-refractivity contribution in [2.24, 2.45) is 0 Å². The van der Waals surface area contributed by atoms with Gasteiger partial charge >= 0.3 is 0 Å². The molecule has 4 heteroatoms. The van der Waals surface area contributed by atoms with Crippen LogP contribution in [0.1, 0.15) is 24.6 Å². The largest absolute Gasteiger partial charge is 0.398 e. The molecule has 0 saturated carbocycles. The molecular formula is C10H18N2OS. The lowest BCUT2D eigenvalue weighted by molar-refractivity contribution is 0.160. The molecule has 0 aliphatic rings. The summed E-state index contributed by atoms with van der Waals surface area (Å²) in [5.41, 5.74) is 6.56. The molecule has 1 aromatic heterocycles. The van der Waals surface area contributed by atoms with E-state index in [4.69, 9.17) is 5.73 Å². The van der Waals surface area contributed by atoms with E-state index in [1.165, 1.54) is 0 Å². The molecule has 0 aliphatic carbocycles. The molecule has 80 valence electrons. The van der Waals surface area contributed by atoms with Crippen LogP contribution in [-0.2, 0) is 6.54 Å². The molecule has 1 rings (SSSR count). The smallest absolute Gasteiger partial charge is 0.0664 e. The highest BCUT2D eigenvalue weighted by Crippen LogP contribution is 2.17. The number of anilines is 1. The Morgan fingerprint density at radius 3 is 3.00 bits per heavy atom. The van der Waals surface area contributed by atoms with E-state index in [1.54, 1.807) is 11.3 Å². The second-order valence-corrected chi connectivity index (χ2v) is 4.37. The standard InChI is InChI=1S/C10H18N2OS/c1-2-3-8(13)6-12-7-10-9(11)4-5-14-10/h4-5,8,12-13H,2-3,6-7,11H2,1H3. The highest BCUT2D eigenvalue weighted by molar-refractivity contribution is 7.10. The molecule has 0 fully saturated rings. The van der Waals surface area contributed by atoms with Gasteiger partial charge in [0.1, 0.15) is 0 Å². The Bertz CT molecular complexity index is 262. The predicted octanol–water partition coefficient (Wildman–Crippen LogP) is 1.58. The predicted molar refractivity (Wildman–Crippen MR) is 61.4 cm³/mol. The van der Waals surface area contributed by atoms with Gasteiger partial charge in [-0.1, -0.05) is 13.3 Å². The molecule has 14 heavy (non-hydrogen) atoms. The van der Waals surface area contributed by atoms with Gasteiger partial charge in [0.2, 0.25) is 0 Å². The molecule has 0 bridgehead atoms. The van der Waals surface area contributed by atoms with E-state index in [0.29, 0.717) is 6.54 Å². The van der Waals surface area contributed by atoms with Gasteiger partial charge in [-0.25, -0.2) is 0 Å². The van der Waals surface area contributed by atoms with Crippen LogP contribution in [-0.4, -0.2) is 17.8 Å². The summed E-state index contributed by atoms with van der Waals surface area (Å²) in [4.78, 5) is 1.15. The van der Waals surface area contributed by atoms with E-state index in [2.05, 4.69) is 12.2 Å². The quantitative estimate of drug-likeness (QED) is 0.674. The average molecular weight is 214 g/mol. The zero-order valence-electron chi connectivity index (χ0n) is 8.49. The molecule has 1 unspecified atom stereocenters. The minimum absolute atomic E-state index is 0.235. The van der Waals surface area contributed by atoms with Gasteiger partial charge in [0.25, 0.3) is 0 Å². The van der Waals surface area contributed by atoms with Crippen LogP contribution in [0.4, 0.5) is 5.69 Å². The highest BCUT2D eigenvalue weighted by Gasteiger charge is 2.03. The van der Waals surface area contributed by atoms with Crippen LogP contribution < -0.4 is 11.1 Å². The molecule has 0 aliphatic heterocycles. The lowest BCUT2D eigenvalue weighted by Gasteiger charge is -2.09. The van der Waals surface area contributed by atoms with Gasteiger partial charge in [0.05, 0.1) is 6.10 Å². The summed E-state index contributed by atoms with van der Waals surface area (Å²) in [6, 6.07) is 1.91. The Hall–Kier alpha value is -0.580. The fourth-order valence-corrected chi connectivity index (χ4v) is 2.05. The van der Waals surface area contributed by atoms with Crippen molar-refractivity contribution in [1.29, 1.82) is 0 Å². The molecule has 0 amide bonds. The van der Waals surface area contributed by atoms with Crippen LogP contribution >= 0.6 is 11.3 Å². The average Bonchev–Trinajstić information content (AvgIpc) is 2.52. The fourth-order valence-electron chi connectivity index (χ4n) is 1.28. The summed E-state index contributed by atoms with van der Waals surface area (Å²) < 4.78 is 0. The number of rotatable bonds is 6. The number of aliphatic hydroxyl groups is 1. The Kier molecular flexibility index (Phi) is 4.93. The SMILES string of the molecule is CCCC(O)CNCc1sccc1N. The summed E-state index contributed by atoms with van der Waals surface area (Å²) in [5.74, 6) is 0. The summed E-state index contributed by atoms with van der Waals surface area (Å²) in [6.45, 7) is 3.47. The number of nitrogens with one attached hydrogen (secondary N) is 1. The van der Waals surface area contributed by atoms with E-state index in [1.807, 2.05) is 11.4 Å². The summed E-state index contributed by atoms with van der Waals surface area (Å²) in [6.07, 6.45) is 1.64. The lowest BCUT2D eigenvalue weighted by Crippen LogP contribution is -2.26. The normalized spacial score (nSPS) is 13.0. The van der Waals surface area contributed by atoms with Gasteiger partial charge in [-0.3, -0.25) is 0 Å². The molecule has 1 aromatic rings. The summed E-state index contributed by atoms with van der Waals surface area (Å²) in [5, 5.41) is 14.6. The molecule has 0 saturated heterocycles. The highest BCUT2D eigenvalue weighted by atomic mass is 32.1. The number of hydrogen-bond acceptors (Lipinski definition) is 4.